The van der Waals surface area contributed by atoms with E-state index in [2.05, 4.69) is 19.2 Å². The van der Waals surface area contributed by atoms with Crippen LogP contribution in [0.2, 0.25) is 0 Å². The Morgan fingerprint density at radius 3 is 2.46 bits per heavy atom. The van der Waals surface area contributed by atoms with Crippen molar-refractivity contribution in [2.75, 3.05) is 13.2 Å². The molecule has 140 valence electrons. The van der Waals surface area contributed by atoms with Crippen LogP contribution in [0.25, 0.3) is 0 Å². The smallest absolute Gasteiger partial charge is 0.225 e. The Hall–Kier alpha value is -2.30. The van der Waals surface area contributed by atoms with Crippen LogP contribution in [0.1, 0.15) is 58.4 Å². The van der Waals surface area contributed by atoms with Gasteiger partial charge >= 0.3 is 0 Å². The van der Waals surface area contributed by atoms with Crippen molar-refractivity contribution in [3.63, 3.8) is 0 Å². The first kappa shape index (κ1) is 18.5. The monoisotopic (exact) mass is 357 g/mol. The number of hydrogen-bond donors (Lipinski definition) is 1. The van der Waals surface area contributed by atoms with Crippen LogP contribution in [0.15, 0.2) is 29.5 Å². The number of ketones is 1. The molecule has 1 aromatic rings. The van der Waals surface area contributed by atoms with Gasteiger partial charge in [-0.25, -0.2) is 0 Å². The van der Waals surface area contributed by atoms with E-state index in [4.69, 9.17) is 9.47 Å². The zero-order valence-electron chi connectivity index (χ0n) is 16.0. The van der Waals surface area contributed by atoms with E-state index in [1.54, 1.807) is 0 Å². The van der Waals surface area contributed by atoms with Gasteiger partial charge in [-0.3, -0.25) is 9.59 Å². The average molecular weight is 357 g/mol. The number of Topliss-reactive ketones (excluding diaryl/α,β-unsaturated/α-hetero) is 1. The highest BCUT2D eigenvalue weighted by molar-refractivity contribution is 6.02. The summed E-state index contributed by atoms with van der Waals surface area (Å²) < 4.78 is 11.3. The predicted octanol–water partition coefficient (Wildman–Crippen LogP) is 3.73. The lowest BCUT2D eigenvalue weighted by atomic mass is 9.70. The van der Waals surface area contributed by atoms with Crippen molar-refractivity contribution in [2.24, 2.45) is 5.41 Å². The standard InChI is InChI=1S/C21H27NO4/c1-5-25-17-8-7-13(9-18(17)26-6-2)14-10-19(24)22-15-11-21(3,4)12-16(23)20(14)15/h7-9,14H,5-6,10-12H2,1-4H3,(H,22,24)/t14-/m0/s1. The summed E-state index contributed by atoms with van der Waals surface area (Å²) in [5.41, 5.74) is 2.35. The molecule has 0 fully saturated rings. The molecule has 3 rings (SSSR count). The minimum absolute atomic E-state index is 0.0360. The van der Waals surface area contributed by atoms with Gasteiger partial charge in [0.2, 0.25) is 5.91 Å². The van der Waals surface area contributed by atoms with Crippen LogP contribution >= 0.6 is 0 Å². The minimum Gasteiger partial charge on any atom is -0.490 e. The number of rotatable bonds is 5. The van der Waals surface area contributed by atoms with Gasteiger partial charge in [0.15, 0.2) is 17.3 Å². The summed E-state index contributed by atoms with van der Waals surface area (Å²) in [5, 5.41) is 2.94. The zero-order chi connectivity index (χ0) is 18.9. The number of allylic oxidation sites excluding steroid dienone is 2. The molecule has 0 spiro atoms. The molecule has 1 aromatic carbocycles. The maximum absolute atomic E-state index is 12.8. The number of nitrogens with one attached hydrogen (secondary N) is 1. The maximum Gasteiger partial charge on any atom is 0.225 e. The minimum atomic E-state index is -0.225. The zero-order valence-corrected chi connectivity index (χ0v) is 16.0. The van der Waals surface area contributed by atoms with E-state index in [1.807, 2.05) is 32.0 Å². The summed E-state index contributed by atoms with van der Waals surface area (Å²) in [6.07, 6.45) is 1.50. The number of carbonyl (C=O) groups excluding carboxylic acids is 2. The van der Waals surface area contributed by atoms with Crippen molar-refractivity contribution in [3.8, 4) is 11.5 Å². The molecule has 5 heteroatoms. The van der Waals surface area contributed by atoms with Crippen LogP contribution < -0.4 is 14.8 Å². The van der Waals surface area contributed by atoms with Gasteiger partial charge in [0.25, 0.3) is 0 Å². The van der Waals surface area contributed by atoms with Crippen molar-refractivity contribution < 1.29 is 19.1 Å². The average Bonchev–Trinajstić information content (AvgIpc) is 2.54. The van der Waals surface area contributed by atoms with Crippen LogP contribution in [0.3, 0.4) is 0 Å². The van der Waals surface area contributed by atoms with Gasteiger partial charge in [0.05, 0.1) is 13.2 Å². The molecule has 5 nitrogen and oxygen atoms in total. The Kier molecular flexibility index (Phi) is 5.08. The lowest BCUT2D eigenvalue weighted by Gasteiger charge is -2.37. The first-order chi connectivity index (χ1) is 12.3. The molecule has 0 radical (unpaired) electrons. The van der Waals surface area contributed by atoms with Gasteiger partial charge in [0, 0.05) is 30.0 Å². The largest absolute Gasteiger partial charge is 0.490 e. The normalized spacial score (nSPS) is 21.9. The summed E-state index contributed by atoms with van der Waals surface area (Å²) in [6.45, 7) is 9.05. The summed E-state index contributed by atoms with van der Waals surface area (Å²) in [5.74, 6) is 1.21. The quantitative estimate of drug-likeness (QED) is 0.872. The summed E-state index contributed by atoms with van der Waals surface area (Å²) in [4.78, 5) is 25.1. The van der Waals surface area contributed by atoms with E-state index in [0.29, 0.717) is 37.6 Å². The molecular formula is C21H27NO4. The van der Waals surface area contributed by atoms with E-state index in [9.17, 15) is 9.59 Å². The summed E-state index contributed by atoms with van der Waals surface area (Å²) in [7, 11) is 0. The Morgan fingerprint density at radius 2 is 1.77 bits per heavy atom. The Morgan fingerprint density at radius 1 is 1.08 bits per heavy atom. The summed E-state index contributed by atoms with van der Waals surface area (Å²) >= 11 is 0. The third kappa shape index (κ3) is 3.62. The van der Waals surface area contributed by atoms with Gasteiger partial charge in [-0.2, -0.15) is 0 Å². The SMILES string of the molecule is CCOc1ccc([C@@H]2CC(=O)NC3=C2C(=O)CC(C)(C)C3)cc1OCC. The van der Waals surface area contributed by atoms with Crippen LogP contribution in [0.5, 0.6) is 11.5 Å². The summed E-state index contributed by atoms with van der Waals surface area (Å²) in [6, 6.07) is 5.72. The highest BCUT2D eigenvalue weighted by Gasteiger charge is 2.40. The molecule has 2 aliphatic rings. The Balaban J connectivity index is 2.03. The van der Waals surface area contributed by atoms with E-state index in [1.165, 1.54) is 0 Å². The second kappa shape index (κ2) is 7.14. The third-order valence-electron chi connectivity index (χ3n) is 4.92. The van der Waals surface area contributed by atoms with Gasteiger partial charge in [-0.1, -0.05) is 19.9 Å². The molecule has 1 aliphatic heterocycles. The molecule has 1 N–H and O–H groups in total. The fourth-order valence-electron chi connectivity index (χ4n) is 3.93. The predicted molar refractivity (Wildman–Crippen MR) is 99.3 cm³/mol. The van der Waals surface area contributed by atoms with E-state index in [0.717, 1.165) is 16.8 Å². The molecule has 1 aliphatic carbocycles. The molecule has 0 saturated carbocycles. The highest BCUT2D eigenvalue weighted by atomic mass is 16.5. The number of carbonyl (C=O) groups is 2. The van der Waals surface area contributed by atoms with Crippen LogP contribution in [0.4, 0.5) is 0 Å². The van der Waals surface area contributed by atoms with Gasteiger partial charge in [-0.05, 0) is 43.4 Å². The van der Waals surface area contributed by atoms with E-state index < -0.39 is 0 Å². The molecule has 0 bridgehead atoms. The fourth-order valence-corrected chi connectivity index (χ4v) is 3.93. The number of ether oxygens (including phenoxy) is 2. The van der Waals surface area contributed by atoms with Crippen molar-refractivity contribution >= 4 is 11.7 Å². The van der Waals surface area contributed by atoms with E-state index >= 15 is 0 Å². The van der Waals surface area contributed by atoms with Gasteiger partial charge < -0.3 is 14.8 Å². The molecule has 1 atom stereocenters. The first-order valence-corrected chi connectivity index (χ1v) is 9.30. The number of amides is 1. The van der Waals surface area contributed by atoms with Crippen LogP contribution in [0, 0.1) is 5.41 Å². The molecule has 0 saturated heterocycles. The molecule has 26 heavy (non-hydrogen) atoms. The highest BCUT2D eigenvalue weighted by Crippen LogP contribution is 2.45. The van der Waals surface area contributed by atoms with Crippen LogP contribution in [-0.4, -0.2) is 24.9 Å². The molecule has 1 amide bonds. The van der Waals surface area contributed by atoms with Crippen molar-refractivity contribution in [2.45, 2.75) is 52.9 Å². The van der Waals surface area contributed by atoms with Gasteiger partial charge in [-0.15, -0.1) is 0 Å². The number of hydrogen-bond acceptors (Lipinski definition) is 4. The van der Waals surface area contributed by atoms with Gasteiger partial charge in [0.1, 0.15) is 0 Å². The lowest BCUT2D eigenvalue weighted by molar-refractivity contribution is -0.122. The fraction of sp³-hybridized carbons (Fsp3) is 0.524. The number of benzene rings is 1. The second-order valence-electron chi connectivity index (χ2n) is 7.71. The van der Waals surface area contributed by atoms with Crippen LogP contribution in [-0.2, 0) is 9.59 Å². The van der Waals surface area contributed by atoms with Crippen molar-refractivity contribution in [1.29, 1.82) is 0 Å². The molecular weight excluding hydrogens is 330 g/mol. The third-order valence-corrected chi connectivity index (χ3v) is 4.92. The second-order valence-corrected chi connectivity index (χ2v) is 7.71. The van der Waals surface area contributed by atoms with Crippen molar-refractivity contribution in [3.05, 3.63) is 35.0 Å². The topological polar surface area (TPSA) is 64.6 Å². The Labute approximate surface area is 154 Å². The first-order valence-electron chi connectivity index (χ1n) is 9.30. The molecule has 0 unspecified atom stereocenters. The molecule has 1 heterocycles. The van der Waals surface area contributed by atoms with E-state index in [-0.39, 0.29) is 29.4 Å². The van der Waals surface area contributed by atoms with Crippen molar-refractivity contribution in [1.82, 2.24) is 5.32 Å². The maximum atomic E-state index is 12.8. The lowest BCUT2D eigenvalue weighted by Crippen LogP contribution is -2.40. The molecule has 0 aromatic heterocycles. The Bertz CT molecular complexity index is 763.